The van der Waals surface area contributed by atoms with Crippen molar-refractivity contribution in [3.8, 4) is 5.75 Å². The highest BCUT2D eigenvalue weighted by Gasteiger charge is 2.08. The summed E-state index contributed by atoms with van der Waals surface area (Å²) < 4.78 is 23.4. The van der Waals surface area contributed by atoms with Crippen LogP contribution < -0.4 is 4.74 Å². The Morgan fingerprint density at radius 1 is 1.00 bits per heavy atom. The average molecular weight is 403 g/mol. The second-order valence-corrected chi connectivity index (χ2v) is 6.33. The molecular weight excluding hydrogens is 379 g/mol. The van der Waals surface area contributed by atoms with E-state index in [0.717, 1.165) is 38.5 Å². The van der Waals surface area contributed by atoms with E-state index in [1.807, 2.05) is 0 Å². The summed E-state index contributed by atoms with van der Waals surface area (Å²) in [5.41, 5.74) is 0. The van der Waals surface area contributed by atoms with Crippen LogP contribution in [0, 0.1) is 5.82 Å². The van der Waals surface area contributed by atoms with Gasteiger partial charge < -0.3 is 9.47 Å². The molecule has 6 heteroatoms. The Kier molecular flexibility index (Phi) is 10.3. The van der Waals surface area contributed by atoms with Crippen molar-refractivity contribution in [2.24, 2.45) is 0 Å². The molecule has 0 N–H and O–H groups in total. The maximum Gasteiger partial charge on any atom is 0.311 e. The summed E-state index contributed by atoms with van der Waals surface area (Å²) in [5, 5.41) is 0. The average Bonchev–Trinajstić information content (AvgIpc) is 2.53. The number of carbonyl (C=O) groups excluding carboxylic acids is 2. The molecule has 134 valence electrons. The molecule has 24 heavy (non-hydrogen) atoms. The monoisotopic (exact) mass is 402 g/mol. The van der Waals surface area contributed by atoms with Crippen LogP contribution in [-0.4, -0.2) is 18.5 Å². The lowest BCUT2D eigenvalue weighted by Gasteiger charge is -2.06. The van der Waals surface area contributed by atoms with Crippen LogP contribution in [-0.2, 0) is 14.3 Å². The van der Waals surface area contributed by atoms with Gasteiger partial charge in [0.1, 0.15) is 11.6 Å². The molecule has 0 heterocycles. The highest BCUT2D eigenvalue weighted by molar-refractivity contribution is 9.10. The number of hydrogen-bond donors (Lipinski definition) is 0. The summed E-state index contributed by atoms with van der Waals surface area (Å²) in [6.45, 7) is 2.24. The van der Waals surface area contributed by atoms with E-state index in [1.54, 1.807) is 6.92 Å². The van der Waals surface area contributed by atoms with E-state index in [1.165, 1.54) is 18.2 Å². The number of esters is 2. The van der Waals surface area contributed by atoms with E-state index < -0.39 is 0 Å². The van der Waals surface area contributed by atoms with Gasteiger partial charge in [-0.05, 0) is 53.9 Å². The fourth-order valence-electron chi connectivity index (χ4n) is 2.21. The Balaban J connectivity index is 2.04. The molecule has 0 aliphatic rings. The quantitative estimate of drug-likeness (QED) is 0.290. The lowest BCUT2D eigenvalue weighted by atomic mass is 10.1. The van der Waals surface area contributed by atoms with Crippen molar-refractivity contribution < 1.29 is 23.5 Å². The second kappa shape index (κ2) is 12.0. The summed E-state index contributed by atoms with van der Waals surface area (Å²) in [5.74, 6) is -0.498. The Morgan fingerprint density at radius 3 is 2.17 bits per heavy atom. The smallest absolute Gasteiger partial charge is 0.311 e. The Hall–Kier alpha value is -1.43. The number of carbonyl (C=O) groups is 2. The molecule has 0 aliphatic carbocycles. The first-order valence-corrected chi connectivity index (χ1v) is 9.13. The second-order valence-electron chi connectivity index (χ2n) is 5.48. The Morgan fingerprint density at radius 2 is 1.58 bits per heavy atom. The number of halogens is 2. The Labute approximate surface area is 150 Å². The largest absolute Gasteiger partial charge is 0.466 e. The Bertz CT molecular complexity index is 534. The van der Waals surface area contributed by atoms with Crippen LogP contribution in [0.1, 0.15) is 58.3 Å². The topological polar surface area (TPSA) is 52.6 Å². The van der Waals surface area contributed by atoms with Crippen LogP contribution in [0.5, 0.6) is 5.75 Å². The van der Waals surface area contributed by atoms with Gasteiger partial charge in [0.05, 0.1) is 11.1 Å². The molecule has 0 atom stereocenters. The van der Waals surface area contributed by atoms with E-state index >= 15 is 0 Å². The molecule has 0 aliphatic heterocycles. The van der Waals surface area contributed by atoms with Gasteiger partial charge in [0.15, 0.2) is 0 Å². The van der Waals surface area contributed by atoms with Gasteiger partial charge in [-0.15, -0.1) is 0 Å². The molecule has 0 unspecified atom stereocenters. The first kappa shape index (κ1) is 20.6. The van der Waals surface area contributed by atoms with Crippen LogP contribution >= 0.6 is 15.9 Å². The normalized spacial score (nSPS) is 10.5. The minimum Gasteiger partial charge on any atom is -0.466 e. The molecule has 0 bridgehead atoms. The molecule has 0 fully saturated rings. The number of unbranched alkanes of at least 4 members (excludes halogenated alkanes) is 5. The van der Waals surface area contributed by atoms with Crippen LogP contribution in [0.2, 0.25) is 0 Å². The molecule has 4 nitrogen and oxygen atoms in total. The van der Waals surface area contributed by atoms with Crippen molar-refractivity contribution in [1.82, 2.24) is 0 Å². The molecule has 0 radical (unpaired) electrons. The summed E-state index contributed by atoms with van der Waals surface area (Å²) in [4.78, 5) is 22.9. The highest BCUT2D eigenvalue weighted by atomic mass is 79.9. The van der Waals surface area contributed by atoms with Gasteiger partial charge in [-0.1, -0.05) is 25.7 Å². The summed E-state index contributed by atoms with van der Waals surface area (Å²) in [6, 6.07) is 3.95. The van der Waals surface area contributed by atoms with Gasteiger partial charge in [-0.25, -0.2) is 4.39 Å². The zero-order valence-corrected chi connectivity index (χ0v) is 15.6. The van der Waals surface area contributed by atoms with Gasteiger partial charge in [-0.3, -0.25) is 9.59 Å². The highest BCUT2D eigenvalue weighted by Crippen LogP contribution is 2.26. The molecule has 1 aromatic rings. The van der Waals surface area contributed by atoms with Crippen LogP contribution in [0.3, 0.4) is 0 Å². The molecule has 0 saturated carbocycles. The predicted molar refractivity (Wildman–Crippen MR) is 93.3 cm³/mol. The summed E-state index contributed by atoms with van der Waals surface area (Å²) in [6.07, 6.45) is 6.42. The van der Waals surface area contributed by atoms with E-state index in [-0.39, 0.29) is 17.8 Å². The van der Waals surface area contributed by atoms with Crippen LogP contribution in [0.4, 0.5) is 4.39 Å². The van der Waals surface area contributed by atoms with Gasteiger partial charge in [-0.2, -0.15) is 0 Å². The van der Waals surface area contributed by atoms with Crippen molar-refractivity contribution in [2.45, 2.75) is 58.3 Å². The predicted octanol–water partition coefficient (Wildman–Crippen LogP) is 5.18. The molecule has 0 amide bonds. The van der Waals surface area contributed by atoms with Crippen molar-refractivity contribution in [3.05, 3.63) is 28.5 Å². The fraction of sp³-hybridized carbons (Fsp3) is 0.556. The zero-order valence-electron chi connectivity index (χ0n) is 14.0. The molecular formula is C18H24BrFO4. The number of ether oxygens (including phenoxy) is 2. The SMILES string of the molecule is CCOC(=O)CCCCCCCCC(=O)Oc1ccc(F)cc1Br. The van der Waals surface area contributed by atoms with Gasteiger partial charge in [0.2, 0.25) is 0 Å². The zero-order chi connectivity index (χ0) is 17.8. The van der Waals surface area contributed by atoms with Gasteiger partial charge in [0, 0.05) is 12.8 Å². The third-order valence-corrected chi connectivity index (χ3v) is 4.05. The van der Waals surface area contributed by atoms with Crippen LogP contribution in [0.15, 0.2) is 22.7 Å². The molecule has 1 aromatic carbocycles. The van der Waals surface area contributed by atoms with E-state index in [2.05, 4.69) is 15.9 Å². The van der Waals surface area contributed by atoms with Crippen LogP contribution in [0.25, 0.3) is 0 Å². The lowest BCUT2D eigenvalue weighted by Crippen LogP contribution is -2.08. The van der Waals surface area contributed by atoms with E-state index in [4.69, 9.17) is 9.47 Å². The van der Waals surface area contributed by atoms with Crippen molar-refractivity contribution in [2.75, 3.05) is 6.61 Å². The van der Waals surface area contributed by atoms with E-state index in [9.17, 15) is 14.0 Å². The third-order valence-electron chi connectivity index (χ3n) is 3.43. The minimum absolute atomic E-state index is 0.132. The number of benzene rings is 1. The molecule has 0 saturated heterocycles. The summed E-state index contributed by atoms with van der Waals surface area (Å²) >= 11 is 3.16. The lowest BCUT2D eigenvalue weighted by molar-refractivity contribution is -0.143. The first-order valence-electron chi connectivity index (χ1n) is 8.34. The summed E-state index contributed by atoms with van der Waals surface area (Å²) in [7, 11) is 0. The van der Waals surface area contributed by atoms with Crippen molar-refractivity contribution in [3.63, 3.8) is 0 Å². The van der Waals surface area contributed by atoms with Gasteiger partial charge >= 0.3 is 11.9 Å². The number of hydrogen-bond acceptors (Lipinski definition) is 4. The molecule has 0 spiro atoms. The third kappa shape index (κ3) is 9.01. The fourth-order valence-corrected chi connectivity index (χ4v) is 2.64. The van der Waals surface area contributed by atoms with Crippen molar-refractivity contribution >= 4 is 27.9 Å². The number of rotatable bonds is 11. The maximum atomic E-state index is 12.9. The first-order chi connectivity index (χ1) is 11.5. The van der Waals surface area contributed by atoms with E-state index in [0.29, 0.717) is 29.7 Å². The maximum absolute atomic E-state index is 12.9. The minimum atomic E-state index is -0.385. The molecule has 1 rings (SSSR count). The van der Waals surface area contributed by atoms with Crippen molar-refractivity contribution in [1.29, 1.82) is 0 Å². The molecule has 0 aromatic heterocycles. The van der Waals surface area contributed by atoms with Gasteiger partial charge in [0.25, 0.3) is 0 Å². The standard InChI is InChI=1S/C18H24BrFO4/c1-2-23-17(21)9-7-5-3-4-6-8-10-18(22)24-16-12-11-14(20)13-15(16)19/h11-13H,2-10H2,1H3.